The molecule has 0 bridgehead atoms. The first-order valence-electron chi connectivity index (χ1n) is 3.59. The van der Waals surface area contributed by atoms with E-state index in [1.165, 1.54) is 0 Å². The number of hydrogen-bond donors (Lipinski definition) is 4. The van der Waals surface area contributed by atoms with Gasteiger partial charge in [0.15, 0.2) is 0 Å². The average molecular weight is 1090 g/mol. The van der Waals surface area contributed by atoms with Gasteiger partial charge in [-0.05, 0) is 0 Å². The van der Waals surface area contributed by atoms with Crippen LogP contribution >= 0.6 is 0 Å². The topological polar surface area (TPSA) is 114 Å². The van der Waals surface area contributed by atoms with Crippen molar-refractivity contribution in [2.24, 2.45) is 0 Å². The zero-order valence-corrected chi connectivity index (χ0v) is 27.6. The zero-order chi connectivity index (χ0) is 9.30. The first-order valence-corrected chi connectivity index (χ1v) is 3.59. The summed E-state index contributed by atoms with van der Waals surface area (Å²) >= 11 is 0. The monoisotopic (exact) mass is 1090 g/mol. The Hall–Kier alpha value is 5.53. The minimum atomic E-state index is -1.46. The maximum Gasteiger partial charge on any atom is 0.141 e. The Morgan fingerprint density at radius 1 is 0.938 bits per heavy atom. The summed E-state index contributed by atoms with van der Waals surface area (Å²) in [7, 11) is 0. The Morgan fingerprint density at radius 3 is 1.75 bits per heavy atom. The first-order chi connectivity index (χ1) is 5.57. The van der Waals surface area contributed by atoms with Gasteiger partial charge in [-0.2, -0.15) is 0 Å². The quantitative estimate of drug-likeness (QED) is 0.240. The predicted molar refractivity (Wildman–Crippen MR) is 38.1 cm³/mol. The minimum Gasteiger partial charge on any atom is -0.668 e. The van der Waals surface area contributed by atoms with Crippen molar-refractivity contribution in [1.29, 1.82) is 0 Å². The van der Waals surface area contributed by atoms with E-state index in [-0.39, 0.29) is 176 Å². The normalized spacial score (nSPS) is 36.9. The number of hydrogen-bond acceptors (Lipinski definition) is 5. The van der Waals surface area contributed by atoms with Crippen LogP contribution in [0.3, 0.4) is 0 Å². The summed E-state index contributed by atoms with van der Waals surface area (Å²) in [6.07, 6.45) is -5.18. The average Bonchev–Trinajstić information content (AvgIpc) is 2.08. The second-order valence-corrected chi connectivity index (χ2v) is 2.75. The second-order valence-electron chi connectivity index (χ2n) is 2.75. The Bertz CT molecular complexity index is 163. The van der Waals surface area contributed by atoms with Crippen LogP contribution in [0.2, 0.25) is 0 Å². The molecule has 1 fully saturated rings. The van der Waals surface area contributed by atoms with Crippen molar-refractivity contribution in [3.63, 3.8) is 0 Å². The van der Waals surface area contributed by atoms with Crippen LogP contribution in [0.1, 0.15) is 0 Å². The Morgan fingerprint density at radius 2 is 1.38 bits per heavy atom. The molecule has 5 N–H and O–H groups in total. The first kappa shape index (κ1) is 29.5. The Kier molecular flexibility index (Phi) is 28.5. The van der Waals surface area contributed by atoms with Crippen molar-refractivity contribution in [2.45, 2.75) is 30.6 Å². The fraction of sp³-hybridized carbons (Fsp3) is 1.00. The molecule has 1 aliphatic heterocycles. The van der Waals surface area contributed by atoms with Crippen molar-refractivity contribution in [3.05, 3.63) is 5.73 Å². The summed E-state index contributed by atoms with van der Waals surface area (Å²) in [6, 6.07) is -1.29. The van der Waals surface area contributed by atoms with E-state index in [9.17, 15) is 0 Å². The van der Waals surface area contributed by atoms with E-state index in [4.69, 9.17) is 26.2 Å². The molecular formula is C6H12Ac4NO5-. The van der Waals surface area contributed by atoms with Gasteiger partial charge in [0.05, 0.1) is 12.7 Å². The summed E-state index contributed by atoms with van der Waals surface area (Å²) in [5.41, 5.74) is 7.11. The molecule has 1 aliphatic rings. The van der Waals surface area contributed by atoms with Gasteiger partial charge in [0.2, 0.25) is 0 Å². The van der Waals surface area contributed by atoms with Crippen LogP contribution in [-0.4, -0.2) is 57.7 Å². The Labute approximate surface area is 237 Å². The maximum atomic E-state index is 9.16. The van der Waals surface area contributed by atoms with Crippen LogP contribution < -0.4 is 0 Å². The molecule has 5 atom stereocenters. The van der Waals surface area contributed by atoms with Gasteiger partial charge >= 0.3 is 0 Å². The van der Waals surface area contributed by atoms with Gasteiger partial charge in [-0.25, -0.2) is 0 Å². The molecule has 0 amide bonds. The standard InChI is InChI=1S/C6H12NO5.4Ac/c7-3-5(10)4(9)2(1-8)12-6(3)11;;;;/h2-11H,1H2;;;;/q-1;;;;. The van der Waals surface area contributed by atoms with Crippen LogP contribution in [0.25, 0.3) is 5.73 Å². The third kappa shape index (κ3) is 8.85. The molecule has 0 aromatic heterocycles. The summed E-state index contributed by atoms with van der Waals surface area (Å²) in [4.78, 5) is 0. The van der Waals surface area contributed by atoms with Gasteiger partial charge in [-0.15, -0.1) is 0 Å². The number of aliphatic hydroxyl groups is 4. The number of nitrogens with one attached hydrogen (secondary N) is 1. The van der Waals surface area contributed by atoms with Crippen LogP contribution in [0, 0.1) is 176 Å². The van der Waals surface area contributed by atoms with Crippen LogP contribution in [0.5, 0.6) is 0 Å². The molecule has 0 spiro atoms. The van der Waals surface area contributed by atoms with Crippen molar-refractivity contribution >= 4 is 0 Å². The fourth-order valence-corrected chi connectivity index (χ4v) is 1.10. The van der Waals surface area contributed by atoms with Gasteiger partial charge < -0.3 is 30.9 Å². The van der Waals surface area contributed by atoms with Gasteiger partial charge in [0.25, 0.3) is 0 Å². The van der Waals surface area contributed by atoms with E-state index in [0.717, 1.165) is 0 Å². The summed E-state index contributed by atoms with van der Waals surface area (Å²) in [5, 5.41) is 35.9. The minimum absolute atomic E-state index is 0. The molecule has 16 heavy (non-hydrogen) atoms. The summed E-state index contributed by atoms with van der Waals surface area (Å²) in [5.74, 6) is 0. The van der Waals surface area contributed by atoms with Gasteiger partial charge in [-0.1, -0.05) is 6.04 Å². The van der Waals surface area contributed by atoms with Crippen molar-refractivity contribution in [3.8, 4) is 0 Å². The van der Waals surface area contributed by atoms with Gasteiger partial charge in [0, 0.05) is 176 Å². The van der Waals surface area contributed by atoms with Gasteiger partial charge in [0.1, 0.15) is 18.5 Å². The van der Waals surface area contributed by atoms with Gasteiger partial charge in [-0.3, -0.25) is 0 Å². The number of aliphatic hydroxyl groups excluding tert-OH is 4. The third-order valence-electron chi connectivity index (χ3n) is 1.90. The van der Waals surface area contributed by atoms with E-state index in [2.05, 4.69) is 4.74 Å². The second kappa shape index (κ2) is 15.4. The molecule has 1 rings (SSSR count). The molecule has 84 valence electrons. The molecular weight excluding hydrogens is 1070 g/mol. The van der Waals surface area contributed by atoms with E-state index in [0.29, 0.717) is 0 Å². The molecule has 10 heteroatoms. The van der Waals surface area contributed by atoms with E-state index < -0.39 is 37.3 Å². The van der Waals surface area contributed by atoms with E-state index in [1.807, 2.05) is 0 Å². The summed E-state index contributed by atoms with van der Waals surface area (Å²) in [6.45, 7) is -0.498. The molecule has 0 saturated carbocycles. The molecule has 1 saturated heterocycles. The SMILES string of the molecule is [Ac].[Ac].[Ac].[Ac].[NH-]C1C(O)OC(CO)C(O)C1O. The van der Waals surface area contributed by atoms with E-state index in [1.54, 1.807) is 0 Å². The molecule has 6 nitrogen and oxygen atoms in total. The molecule has 0 aliphatic carbocycles. The van der Waals surface area contributed by atoms with Crippen molar-refractivity contribution in [1.82, 2.24) is 0 Å². The van der Waals surface area contributed by atoms with Crippen LogP contribution in [0.4, 0.5) is 0 Å². The molecule has 0 aromatic carbocycles. The molecule has 1 heterocycles. The molecule has 5 unspecified atom stereocenters. The fourth-order valence-electron chi connectivity index (χ4n) is 1.10. The molecule has 4 radical (unpaired) electrons. The summed E-state index contributed by atoms with van der Waals surface area (Å²) < 4.78 is 4.64. The number of ether oxygens (including phenoxy) is 1. The molecule has 0 aromatic rings. The third-order valence-corrected chi connectivity index (χ3v) is 1.90. The van der Waals surface area contributed by atoms with Crippen LogP contribution in [-0.2, 0) is 4.74 Å². The van der Waals surface area contributed by atoms with Crippen molar-refractivity contribution in [2.75, 3.05) is 6.61 Å². The van der Waals surface area contributed by atoms with Crippen LogP contribution in [0.15, 0.2) is 0 Å². The smallest absolute Gasteiger partial charge is 0.141 e. The predicted octanol–water partition coefficient (Wildman–Crippen LogP) is -2.16. The maximum absolute atomic E-state index is 9.16. The number of rotatable bonds is 1. The largest absolute Gasteiger partial charge is 0.668 e. The van der Waals surface area contributed by atoms with E-state index >= 15 is 0 Å². The Balaban J connectivity index is -0.000000180. The zero-order valence-electron chi connectivity index (χ0n) is 8.60. The van der Waals surface area contributed by atoms with Crippen molar-refractivity contribution < 1.29 is 201 Å².